The quantitative estimate of drug-likeness (QED) is 0.752. The summed E-state index contributed by atoms with van der Waals surface area (Å²) in [7, 11) is 0. The average Bonchev–Trinajstić information content (AvgIpc) is 2.71. The van der Waals surface area contributed by atoms with E-state index in [0.29, 0.717) is 6.04 Å². The van der Waals surface area contributed by atoms with Crippen LogP contribution in [0.15, 0.2) is 0 Å². The lowest BCUT2D eigenvalue weighted by atomic mass is 10.1. The van der Waals surface area contributed by atoms with Gasteiger partial charge in [0.15, 0.2) is 0 Å². The standard InChI is InChI=1S/C12H25N3/c1-11(13)10-14-6-8-15(9-7-14)12-4-2-3-5-12/h11-12H,2-10,13H2,1H3. The molecule has 2 rings (SSSR count). The van der Waals surface area contributed by atoms with Crippen molar-refractivity contribution in [2.24, 2.45) is 5.73 Å². The first-order chi connectivity index (χ1) is 7.25. The van der Waals surface area contributed by atoms with Gasteiger partial charge < -0.3 is 5.73 Å². The average molecular weight is 211 g/mol. The van der Waals surface area contributed by atoms with Gasteiger partial charge in [-0.25, -0.2) is 0 Å². The Bertz CT molecular complexity index is 179. The van der Waals surface area contributed by atoms with Crippen molar-refractivity contribution in [3.63, 3.8) is 0 Å². The van der Waals surface area contributed by atoms with Crippen LogP contribution in [0, 0.1) is 0 Å². The maximum atomic E-state index is 5.82. The van der Waals surface area contributed by atoms with Crippen molar-refractivity contribution in [3.8, 4) is 0 Å². The van der Waals surface area contributed by atoms with Gasteiger partial charge in [-0.05, 0) is 19.8 Å². The fraction of sp³-hybridized carbons (Fsp3) is 1.00. The first kappa shape index (κ1) is 11.4. The van der Waals surface area contributed by atoms with Gasteiger partial charge in [0.1, 0.15) is 0 Å². The van der Waals surface area contributed by atoms with Gasteiger partial charge in [0, 0.05) is 44.8 Å². The molecule has 0 aromatic carbocycles. The third-order valence-electron chi connectivity index (χ3n) is 3.79. The topological polar surface area (TPSA) is 32.5 Å². The van der Waals surface area contributed by atoms with E-state index in [-0.39, 0.29) is 0 Å². The van der Waals surface area contributed by atoms with Crippen molar-refractivity contribution >= 4 is 0 Å². The van der Waals surface area contributed by atoms with Gasteiger partial charge in [-0.2, -0.15) is 0 Å². The highest BCUT2D eigenvalue weighted by Crippen LogP contribution is 2.24. The van der Waals surface area contributed by atoms with Crippen molar-refractivity contribution in [1.29, 1.82) is 0 Å². The zero-order chi connectivity index (χ0) is 10.7. The van der Waals surface area contributed by atoms with Crippen molar-refractivity contribution in [2.75, 3.05) is 32.7 Å². The summed E-state index contributed by atoms with van der Waals surface area (Å²) in [5.41, 5.74) is 5.82. The van der Waals surface area contributed by atoms with E-state index in [1.165, 1.54) is 51.9 Å². The fourth-order valence-electron chi connectivity index (χ4n) is 2.99. The molecule has 1 aliphatic heterocycles. The van der Waals surface area contributed by atoms with Crippen LogP contribution in [-0.4, -0.2) is 54.6 Å². The normalized spacial score (nSPS) is 28.4. The molecule has 0 amide bonds. The first-order valence-electron chi connectivity index (χ1n) is 6.47. The molecule has 0 radical (unpaired) electrons. The van der Waals surface area contributed by atoms with Crippen molar-refractivity contribution in [1.82, 2.24) is 9.80 Å². The molecule has 1 heterocycles. The zero-order valence-corrected chi connectivity index (χ0v) is 9.99. The number of nitrogens with zero attached hydrogens (tertiary/aromatic N) is 2. The van der Waals surface area contributed by atoms with Crippen LogP contribution in [0.25, 0.3) is 0 Å². The van der Waals surface area contributed by atoms with Gasteiger partial charge in [0.05, 0.1) is 0 Å². The molecule has 15 heavy (non-hydrogen) atoms. The number of hydrogen-bond acceptors (Lipinski definition) is 3. The molecule has 1 saturated heterocycles. The van der Waals surface area contributed by atoms with Gasteiger partial charge in [-0.15, -0.1) is 0 Å². The first-order valence-corrected chi connectivity index (χ1v) is 6.47. The van der Waals surface area contributed by atoms with E-state index in [1.807, 2.05) is 0 Å². The summed E-state index contributed by atoms with van der Waals surface area (Å²) in [6.45, 7) is 8.13. The number of rotatable bonds is 3. The highest BCUT2D eigenvalue weighted by Gasteiger charge is 2.25. The van der Waals surface area contributed by atoms with E-state index in [2.05, 4.69) is 16.7 Å². The van der Waals surface area contributed by atoms with Crippen LogP contribution in [0.4, 0.5) is 0 Å². The largest absolute Gasteiger partial charge is 0.327 e. The van der Waals surface area contributed by atoms with Gasteiger partial charge in [0.2, 0.25) is 0 Å². The summed E-state index contributed by atoms with van der Waals surface area (Å²) >= 11 is 0. The SMILES string of the molecule is CC(N)CN1CCN(C2CCCC2)CC1. The third kappa shape index (κ3) is 3.16. The Hall–Kier alpha value is -0.120. The van der Waals surface area contributed by atoms with Gasteiger partial charge in [-0.3, -0.25) is 9.80 Å². The smallest absolute Gasteiger partial charge is 0.0139 e. The minimum atomic E-state index is 0.322. The van der Waals surface area contributed by atoms with Crippen LogP contribution in [0.5, 0.6) is 0 Å². The summed E-state index contributed by atoms with van der Waals surface area (Å²) in [5, 5.41) is 0. The Kier molecular flexibility index (Phi) is 4.00. The summed E-state index contributed by atoms with van der Waals surface area (Å²) in [6.07, 6.45) is 5.77. The summed E-state index contributed by atoms with van der Waals surface area (Å²) in [6, 6.07) is 1.23. The monoisotopic (exact) mass is 211 g/mol. The summed E-state index contributed by atoms with van der Waals surface area (Å²) in [5.74, 6) is 0. The lowest BCUT2D eigenvalue weighted by molar-refractivity contribution is 0.0952. The van der Waals surface area contributed by atoms with Crippen molar-refractivity contribution < 1.29 is 0 Å². The second-order valence-corrected chi connectivity index (χ2v) is 5.25. The Morgan fingerprint density at radius 3 is 2.27 bits per heavy atom. The molecule has 0 bridgehead atoms. The Labute approximate surface area is 93.6 Å². The third-order valence-corrected chi connectivity index (χ3v) is 3.79. The van der Waals surface area contributed by atoms with E-state index in [1.54, 1.807) is 0 Å². The minimum Gasteiger partial charge on any atom is -0.327 e. The van der Waals surface area contributed by atoms with Gasteiger partial charge in [-0.1, -0.05) is 12.8 Å². The molecule has 2 aliphatic rings. The molecule has 88 valence electrons. The molecular formula is C12H25N3. The maximum absolute atomic E-state index is 5.82. The molecular weight excluding hydrogens is 186 g/mol. The van der Waals surface area contributed by atoms with Gasteiger partial charge >= 0.3 is 0 Å². The van der Waals surface area contributed by atoms with Crippen LogP contribution in [0.3, 0.4) is 0 Å². The molecule has 0 aromatic rings. The molecule has 1 unspecified atom stereocenters. The van der Waals surface area contributed by atoms with Crippen LogP contribution in [-0.2, 0) is 0 Å². The Balaban J connectivity index is 1.71. The highest BCUT2D eigenvalue weighted by molar-refractivity contribution is 4.82. The maximum Gasteiger partial charge on any atom is 0.0139 e. The second-order valence-electron chi connectivity index (χ2n) is 5.25. The van der Waals surface area contributed by atoms with Crippen LogP contribution in [0.1, 0.15) is 32.6 Å². The van der Waals surface area contributed by atoms with Crippen LogP contribution in [0.2, 0.25) is 0 Å². The van der Waals surface area contributed by atoms with Crippen molar-refractivity contribution in [2.45, 2.75) is 44.7 Å². The zero-order valence-electron chi connectivity index (χ0n) is 9.99. The highest BCUT2D eigenvalue weighted by atomic mass is 15.3. The number of nitrogens with two attached hydrogens (primary N) is 1. The fourth-order valence-corrected chi connectivity index (χ4v) is 2.99. The summed E-state index contributed by atoms with van der Waals surface area (Å²) < 4.78 is 0. The lowest BCUT2D eigenvalue weighted by Gasteiger charge is -2.38. The van der Waals surface area contributed by atoms with E-state index >= 15 is 0 Å². The van der Waals surface area contributed by atoms with E-state index in [9.17, 15) is 0 Å². The van der Waals surface area contributed by atoms with Crippen LogP contribution < -0.4 is 5.73 Å². The molecule has 3 nitrogen and oxygen atoms in total. The molecule has 3 heteroatoms. The number of piperazine rings is 1. The van der Waals surface area contributed by atoms with E-state index in [4.69, 9.17) is 5.73 Å². The lowest BCUT2D eigenvalue weighted by Crippen LogP contribution is -2.51. The molecule has 1 saturated carbocycles. The minimum absolute atomic E-state index is 0.322. The molecule has 0 aromatic heterocycles. The molecule has 2 fully saturated rings. The predicted molar refractivity (Wildman–Crippen MR) is 63.9 cm³/mol. The Morgan fingerprint density at radius 1 is 1.13 bits per heavy atom. The molecule has 2 N–H and O–H groups in total. The van der Waals surface area contributed by atoms with Gasteiger partial charge in [0.25, 0.3) is 0 Å². The molecule has 1 atom stereocenters. The Morgan fingerprint density at radius 2 is 1.73 bits per heavy atom. The second kappa shape index (κ2) is 5.28. The molecule has 1 aliphatic carbocycles. The summed E-state index contributed by atoms with van der Waals surface area (Å²) in [4.78, 5) is 5.21. The van der Waals surface area contributed by atoms with Crippen LogP contribution >= 0.6 is 0 Å². The van der Waals surface area contributed by atoms with E-state index in [0.717, 1.165) is 12.6 Å². The predicted octanol–water partition coefficient (Wildman–Crippen LogP) is 0.894. The molecule has 0 spiro atoms. The van der Waals surface area contributed by atoms with Crippen molar-refractivity contribution in [3.05, 3.63) is 0 Å². The number of hydrogen-bond donors (Lipinski definition) is 1. The van der Waals surface area contributed by atoms with E-state index < -0.39 is 0 Å².